The van der Waals surface area contributed by atoms with Crippen molar-refractivity contribution in [1.29, 1.82) is 0 Å². The standard InChI is InChI=1S/C15H21NO5/c1-3-10(2)14(16)15(19)21-8-11-4-6-12(7-5-11)20-9-13(17)18/h4-7,10,14H,3,8-9,16H2,1-2H3,(H,17,18)/t10-,14-/m0/s1. The van der Waals surface area contributed by atoms with E-state index in [4.69, 9.17) is 20.3 Å². The van der Waals surface area contributed by atoms with Gasteiger partial charge in [-0.05, 0) is 23.6 Å². The van der Waals surface area contributed by atoms with E-state index in [9.17, 15) is 9.59 Å². The van der Waals surface area contributed by atoms with Crippen LogP contribution in [0.1, 0.15) is 25.8 Å². The van der Waals surface area contributed by atoms with Crippen LogP contribution in [0.15, 0.2) is 24.3 Å². The van der Waals surface area contributed by atoms with E-state index < -0.39 is 24.6 Å². The van der Waals surface area contributed by atoms with Crippen molar-refractivity contribution in [3.05, 3.63) is 29.8 Å². The largest absolute Gasteiger partial charge is 0.482 e. The Bertz CT molecular complexity index is 471. The molecule has 0 radical (unpaired) electrons. The Hall–Kier alpha value is -2.08. The van der Waals surface area contributed by atoms with Gasteiger partial charge in [0.05, 0.1) is 0 Å². The predicted octanol–water partition coefficient (Wildman–Crippen LogP) is 1.57. The minimum absolute atomic E-state index is 0.0734. The Balaban J connectivity index is 2.45. The molecular formula is C15H21NO5. The molecule has 0 unspecified atom stereocenters. The fourth-order valence-electron chi connectivity index (χ4n) is 1.56. The number of hydrogen-bond acceptors (Lipinski definition) is 5. The van der Waals surface area contributed by atoms with Gasteiger partial charge in [0.2, 0.25) is 0 Å². The molecular weight excluding hydrogens is 274 g/mol. The van der Waals surface area contributed by atoms with Gasteiger partial charge in [0.25, 0.3) is 0 Å². The van der Waals surface area contributed by atoms with E-state index in [2.05, 4.69) is 0 Å². The normalized spacial score (nSPS) is 13.3. The summed E-state index contributed by atoms with van der Waals surface area (Å²) in [6.45, 7) is 3.61. The molecule has 0 aliphatic heterocycles. The average Bonchev–Trinajstić information content (AvgIpc) is 2.49. The van der Waals surface area contributed by atoms with Crippen LogP contribution in [0.3, 0.4) is 0 Å². The highest BCUT2D eigenvalue weighted by atomic mass is 16.5. The second kappa shape index (κ2) is 8.26. The number of carbonyl (C=O) groups excluding carboxylic acids is 1. The maximum atomic E-state index is 11.7. The molecule has 0 aliphatic carbocycles. The Morgan fingerprint density at radius 1 is 1.29 bits per heavy atom. The Kier molecular flexibility index (Phi) is 6.68. The van der Waals surface area contributed by atoms with E-state index in [0.29, 0.717) is 5.75 Å². The van der Waals surface area contributed by atoms with Crippen LogP contribution >= 0.6 is 0 Å². The first kappa shape index (κ1) is 17.0. The van der Waals surface area contributed by atoms with Gasteiger partial charge >= 0.3 is 11.9 Å². The van der Waals surface area contributed by atoms with Crippen molar-refractivity contribution in [1.82, 2.24) is 0 Å². The van der Waals surface area contributed by atoms with Gasteiger partial charge in [-0.15, -0.1) is 0 Å². The van der Waals surface area contributed by atoms with Crippen molar-refractivity contribution >= 4 is 11.9 Å². The highest BCUT2D eigenvalue weighted by Gasteiger charge is 2.20. The van der Waals surface area contributed by atoms with Crippen molar-refractivity contribution in [2.24, 2.45) is 11.7 Å². The number of benzene rings is 1. The van der Waals surface area contributed by atoms with E-state index in [1.165, 1.54) is 0 Å². The van der Waals surface area contributed by atoms with Gasteiger partial charge in [-0.3, -0.25) is 4.79 Å². The third kappa shape index (κ3) is 5.83. The number of esters is 1. The Morgan fingerprint density at radius 3 is 2.43 bits per heavy atom. The molecule has 6 heteroatoms. The van der Waals surface area contributed by atoms with Crippen LogP contribution in [0.2, 0.25) is 0 Å². The van der Waals surface area contributed by atoms with Gasteiger partial charge in [-0.2, -0.15) is 0 Å². The quantitative estimate of drug-likeness (QED) is 0.706. The fourth-order valence-corrected chi connectivity index (χ4v) is 1.56. The first-order chi connectivity index (χ1) is 9.93. The zero-order chi connectivity index (χ0) is 15.8. The van der Waals surface area contributed by atoms with Crippen molar-refractivity contribution in [2.45, 2.75) is 32.9 Å². The van der Waals surface area contributed by atoms with Crippen molar-refractivity contribution < 1.29 is 24.2 Å². The maximum Gasteiger partial charge on any atom is 0.341 e. The maximum absolute atomic E-state index is 11.7. The van der Waals surface area contributed by atoms with Gasteiger partial charge in [0.1, 0.15) is 18.4 Å². The number of carboxylic acids is 1. The van der Waals surface area contributed by atoms with E-state index in [1.807, 2.05) is 13.8 Å². The SMILES string of the molecule is CC[C@H](C)[C@H](N)C(=O)OCc1ccc(OCC(=O)O)cc1. The van der Waals surface area contributed by atoms with Crippen LogP contribution in [-0.4, -0.2) is 29.7 Å². The molecule has 0 aromatic heterocycles. The third-order valence-electron chi connectivity index (χ3n) is 3.20. The van der Waals surface area contributed by atoms with Gasteiger partial charge in [-0.25, -0.2) is 4.79 Å². The summed E-state index contributed by atoms with van der Waals surface area (Å²) >= 11 is 0. The van der Waals surface area contributed by atoms with Gasteiger partial charge in [0.15, 0.2) is 6.61 Å². The molecule has 0 amide bonds. The molecule has 0 aliphatic rings. The molecule has 1 rings (SSSR count). The number of carbonyl (C=O) groups is 2. The molecule has 2 atom stereocenters. The lowest BCUT2D eigenvalue weighted by Crippen LogP contribution is -2.37. The fraction of sp³-hybridized carbons (Fsp3) is 0.467. The number of nitrogens with two attached hydrogens (primary N) is 1. The second-order valence-electron chi connectivity index (χ2n) is 4.85. The third-order valence-corrected chi connectivity index (χ3v) is 3.20. The summed E-state index contributed by atoms with van der Waals surface area (Å²) in [7, 11) is 0. The highest BCUT2D eigenvalue weighted by Crippen LogP contribution is 2.14. The molecule has 3 N–H and O–H groups in total. The van der Waals surface area contributed by atoms with E-state index >= 15 is 0 Å². The predicted molar refractivity (Wildman–Crippen MR) is 76.8 cm³/mol. The molecule has 116 valence electrons. The lowest BCUT2D eigenvalue weighted by molar-refractivity contribution is -0.147. The van der Waals surface area contributed by atoms with E-state index in [1.54, 1.807) is 24.3 Å². The van der Waals surface area contributed by atoms with Crippen LogP contribution < -0.4 is 10.5 Å². The molecule has 6 nitrogen and oxygen atoms in total. The molecule has 21 heavy (non-hydrogen) atoms. The van der Waals surface area contributed by atoms with Crippen molar-refractivity contribution in [3.63, 3.8) is 0 Å². The molecule has 0 fully saturated rings. The van der Waals surface area contributed by atoms with Crippen LogP contribution in [0.25, 0.3) is 0 Å². The number of carboxylic acid groups (broad SMARTS) is 1. The summed E-state index contributed by atoms with van der Waals surface area (Å²) in [6.07, 6.45) is 0.811. The summed E-state index contributed by atoms with van der Waals surface area (Å²) in [5.74, 6) is -0.935. The summed E-state index contributed by atoms with van der Waals surface area (Å²) in [6, 6.07) is 6.05. The zero-order valence-corrected chi connectivity index (χ0v) is 12.2. The second-order valence-corrected chi connectivity index (χ2v) is 4.85. The summed E-state index contributed by atoms with van der Waals surface area (Å²) in [4.78, 5) is 22.1. The average molecular weight is 295 g/mol. The van der Waals surface area contributed by atoms with E-state index in [-0.39, 0.29) is 12.5 Å². The van der Waals surface area contributed by atoms with Gasteiger partial charge in [-0.1, -0.05) is 32.4 Å². The van der Waals surface area contributed by atoms with Gasteiger partial charge in [0, 0.05) is 0 Å². The monoisotopic (exact) mass is 295 g/mol. The lowest BCUT2D eigenvalue weighted by atomic mass is 10.0. The first-order valence-electron chi connectivity index (χ1n) is 6.79. The molecule has 0 bridgehead atoms. The molecule has 0 heterocycles. The zero-order valence-electron chi connectivity index (χ0n) is 12.2. The molecule has 0 spiro atoms. The summed E-state index contributed by atoms with van der Waals surface area (Å²) < 4.78 is 10.2. The summed E-state index contributed by atoms with van der Waals surface area (Å²) in [5, 5.41) is 8.50. The first-order valence-corrected chi connectivity index (χ1v) is 6.79. The number of ether oxygens (including phenoxy) is 2. The molecule has 0 saturated carbocycles. The smallest absolute Gasteiger partial charge is 0.341 e. The highest BCUT2D eigenvalue weighted by molar-refractivity contribution is 5.75. The Labute approximate surface area is 123 Å². The number of rotatable bonds is 8. The number of hydrogen-bond donors (Lipinski definition) is 2. The van der Waals surface area contributed by atoms with Crippen molar-refractivity contribution in [3.8, 4) is 5.75 Å². The molecule has 0 saturated heterocycles. The van der Waals surface area contributed by atoms with Crippen LogP contribution in [-0.2, 0) is 20.9 Å². The number of aliphatic carboxylic acids is 1. The molecule has 1 aromatic rings. The topological polar surface area (TPSA) is 98.9 Å². The minimum atomic E-state index is -1.04. The van der Waals surface area contributed by atoms with E-state index in [0.717, 1.165) is 12.0 Å². The minimum Gasteiger partial charge on any atom is -0.482 e. The van der Waals surface area contributed by atoms with Crippen LogP contribution in [0.4, 0.5) is 0 Å². The van der Waals surface area contributed by atoms with Crippen molar-refractivity contribution in [2.75, 3.05) is 6.61 Å². The summed E-state index contributed by atoms with van der Waals surface area (Å²) in [5.41, 5.74) is 6.56. The lowest BCUT2D eigenvalue weighted by Gasteiger charge is -2.16. The van der Waals surface area contributed by atoms with Gasteiger partial charge < -0.3 is 20.3 Å². The van der Waals surface area contributed by atoms with Crippen LogP contribution in [0, 0.1) is 5.92 Å². The molecule has 1 aromatic carbocycles. The van der Waals surface area contributed by atoms with Crippen LogP contribution in [0.5, 0.6) is 5.75 Å². The Morgan fingerprint density at radius 2 is 1.90 bits per heavy atom.